The number of hydrogen-bond donors (Lipinski definition) is 3. The highest BCUT2D eigenvalue weighted by Crippen LogP contribution is 2.32. The maximum Gasteiger partial charge on any atom is 0.237 e. The minimum Gasteiger partial charge on any atom is -0.394 e. The van der Waals surface area contributed by atoms with Gasteiger partial charge in [-0.15, -0.1) is 0 Å². The highest BCUT2D eigenvalue weighted by molar-refractivity contribution is 5.83. The summed E-state index contributed by atoms with van der Waals surface area (Å²) in [5.74, 6) is 0.562. The third-order valence-corrected chi connectivity index (χ3v) is 4.52. The fourth-order valence-corrected chi connectivity index (χ4v) is 3.39. The maximum atomic E-state index is 12.3. The summed E-state index contributed by atoms with van der Waals surface area (Å²) >= 11 is 0. The van der Waals surface area contributed by atoms with Crippen LogP contribution in [0.3, 0.4) is 0 Å². The Labute approximate surface area is 115 Å². The van der Waals surface area contributed by atoms with Gasteiger partial charge in [-0.2, -0.15) is 0 Å². The van der Waals surface area contributed by atoms with Crippen molar-refractivity contribution in [2.75, 3.05) is 20.3 Å². The average molecular weight is 270 g/mol. The number of methoxy groups -OCH3 is 1. The van der Waals surface area contributed by atoms with Crippen LogP contribution in [0.1, 0.15) is 39.0 Å². The Morgan fingerprint density at radius 3 is 2.95 bits per heavy atom. The lowest BCUT2D eigenvalue weighted by Gasteiger charge is -2.40. The molecule has 2 aliphatic rings. The van der Waals surface area contributed by atoms with Crippen LogP contribution < -0.4 is 10.6 Å². The molecule has 19 heavy (non-hydrogen) atoms. The van der Waals surface area contributed by atoms with E-state index in [2.05, 4.69) is 17.6 Å². The SMILES string of the molecule is COC1CNC(C(=O)NC2(CO)CCCC(C)C2)C1. The summed E-state index contributed by atoms with van der Waals surface area (Å²) in [6, 6.07) is -0.189. The van der Waals surface area contributed by atoms with Gasteiger partial charge in [-0.1, -0.05) is 19.8 Å². The van der Waals surface area contributed by atoms with Crippen LogP contribution in [0.2, 0.25) is 0 Å². The predicted octanol–water partition coefficient (Wildman–Crippen LogP) is 0.421. The van der Waals surface area contributed by atoms with Gasteiger partial charge in [-0.3, -0.25) is 4.79 Å². The lowest BCUT2D eigenvalue weighted by Crippen LogP contribution is -2.57. The molecular weight excluding hydrogens is 244 g/mol. The Hall–Kier alpha value is -0.650. The normalized spacial score (nSPS) is 39.2. The van der Waals surface area contributed by atoms with Crippen molar-refractivity contribution in [1.82, 2.24) is 10.6 Å². The molecule has 1 aliphatic heterocycles. The minimum absolute atomic E-state index is 0.00250. The van der Waals surface area contributed by atoms with Crippen molar-refractivity contribution in [3.63, 3.8) is 0 Å². The van der Waals surface area contributed by atoms with E-state index in [1.165, 1.54) is 6.42 Å². The van der Waals surface area contributed by atoms with Gasteiger partial charge in [0.15, 0.2) is 0 Å². The Bertz CT molecular complexity index is 324. The smallest absolute Gasteiger partial charge is 0.237 e. The molecule has 0 aromatic heterocycles. The summed E-state index contributed by atoms with van der Waals surface area (Å²) in [6.07, 6.45) is 4.83. The third kappa shape index (κ3) is 3.46. The fourth-order valence-electron chi connectivity index (χ4n) is 3.39. The number of aliphatic hydroxyl groups excluding tert-OH is 1. The number of amides is 1. The first-order chi connectivity index (χ1) is 9.08. The molecule has 2 rings (SSSR count). The van der Waals surface area contributed by atoms with E-state index in [1.54, 1.807) is 7.11 Å². The highest BCUT2D eigenvalue weighted by atomic mass is 16.5. The van der Waals surface area contributed by atoms with Gasteiger partial charge >= 0.3 is 0 Å². The van der Waals surface area contributed by atoms with E-state index < -0.39 is 5.54 Å². The number of nitrogens with one attached hydrogen (secondary N) is 2. The van der Waals surface area contributed by atoms with Gasteiger partial charge in [-0.05, 0) is 25.2 Å². The molecule has 5 heteroatoms. The first-order valence-corrected chi connectivity index (χ1v) is 7.27. The van der Waals surface area contributed by atoms with Crippen LogP contribution >= 0.6 is 0 Å². The molecule has 3 N–H and O–H groups in total. The van der Waals surface area contributed by atoms with Gasteiger partial charge in [0.25, 0.3) is 0 Å². The molecule has 1 saturated carbocycles. The number of carbonyl (C=O) groups is 1. The molecule has 1 saturated heterocycles. The van der Waals surface area contributed by atoms with E-state index in [4.69, 9.17) is 4.74 Å². The van der Waals surface area contributed by atoms with Crippen LogP contribution in [0.15, 0.2) is 0 Å². The zero-order valence-electron chi connectivity index (χ0n) is 11.9. The minimum atomic E-state index is -0.415. The second-order valence-corrected chi connectivity index (χ2v) is 6.18. The van der Waals surface area contributed by atoms with Gasteiger partial charge < -0.3 is 20.5 Å². The van der Waals surface area contributed by atoms with Gasteiger partial charge in [0.05, 0.1) is 24.3 Å². The largest absolute Gasteiger partial charge is 0.394 e. The van der Waals surface area contributed by atoms with Crippen LogP contribution in [0.25, 0.3) is 0 Å². The number of ether oxygens (including phenoxy) is 1. The van der Waals surface area contributed by atoms with Crippen molar-refractivity contribution in [2.24, 2.45) is 5.92 Å². The lowest BCUT2D eigenvalue weighted by molar-refractivity contribution is -0.126. The molecule has 1 heterocycles. The highest BCUT2D eigenvalue weighted by Gasteiger charge is 2.38. The standard InChI is InChI=1S/C14H26N2O3/c1-10-4-3-5-14(7-10,9-17)16-13(18)12-6-11(19-2)8-15-12/h10-12,15,17H,3-9H2,1-2H3,(H,16,18). The molecule has 0 radical (unpaired) electrons. The number of rotatable bonds is 4. The van der Waals surface area contributed by atoms with E-state index in [0.717, 1.165) is 25.8 Å². The van der Waals surface area contributed by atoms with Crippen molar-refractivity contribution in [3.05, 3.63) is 0 Å². The van der Waals surface area contributed by atoms with Crippen LogP contribution in [-0.2, 0) is 9.53 Å². The van der Waals surface area contributed by atoms with E-state index in [1.807, 2.05) is 0 Å². The molecule has 0 bridgehead atoms. The first kappa shape index (κ1) is 14.8. The molecular formula is C14H26N2O3. The molecule has 2 fully saturated rings. The summed E-state index contributed by atoms with van der Waals surface area (Å²) in [6.45, 7) is 2.94. The van der Waals surface area contributed by atoms with Crippen molar-refractivity contribution < 1.29 is 14.6 Å². The summed E-state index contributed by atoms with van der Waals surface area (Å²) < 4.78 is 5.26. The molecule has 0 aromatic carbocycles. The first-order valence-electron chi connectivity index (χ1n) is 7.27. The van der Waals surface area contributed by atoms with E-state index >= 15 is 0 Å². The number of aliphatic hydroxyl groups is 1. The molecule has 110 valence electrons. The quantitative estimate of drug-likeness (QED) is 0.692. The Morgan fingerprint density at radius 2 is 2.37 bits per heavy atom. The Balaban J connectivity index is 1.93. The summed E-state index contributed by atoms with van der Waals surface area (Å²) in [7, 11) is 1.67. The summed E-state index contributed by atoms with van der Waals surface area (Å²) in [5.41, 5.74) is -0.415. The van der Waals surface area contributed by atoms with Crippen molar-refractivity contribution in [2.45, 2.75) is 56.7 Å². The zero-order chi connectivity index (χ0) is 13.9. The molecule has 0 spiro atoms. The van der Waals surface area contributed by atoms with Crippen LogP contribution in [0.4, 0.5) is 0 Å². The van der Waals surface area contributed by atoms with E-state index in [0.29, 0.717) is 12.3 Å². The number of carbonyl (C=O) groups excluding carboxylic acids is 1. The second-order valence-electron chi connectivity index (χ2n) is 6.18. The van der Waals surface area contributed by atoms with Gasteiger partial charge in [0.1, 0.15) is 0 Å². The zero-order valence-corrected chi connectivity index (χ0v) is 11.9. The molecule has 1 amide bonds. The van der Waals surface area contributed by atoms with Gasteiger partial charge in [0.2, 0.25) is 5.91 Å². The maximum absolute atomic E-state index is 12.3. The second kappa shape index (κ2) is 6.20. The van der Waals surface area contributed by atoms with Crippen molar-refractivity contribution in [3.8, 4) is 0 Å². The molecule has 0 aromatic rings. The molecule has 4 atom stereocenters. The lowest BCUT2D eigenvalue weighted by atomic mass is 9.76. The number of hydrogen-bond acceptors (Lipinski definition) is 4. The third-order valence-electron chi connectivity index (χ3n) is 4.52. The monoisotopic (exact) mass is 270 g/mol. The van der Waals surface area contributed by atoms with Crippen molar-refractivity contribution >= 4 is 5.91 Å². The fraction of sp³-hybridized carbons (Fsp3) is 0.929. The predicted molar refractivity (Wildman–Crippen MR) is 72.8 cm³/mol. The van der Waals surface area contributed by atoms with Crippen LogP contribution in [0, 0.1) is 5.92 Å². The molecule has 5 nitrogen and oxygen atoms in total. The molecule has 4 unspecified atom stereocenters. The van der Waals surface area contributed by atoms with Crippen LogP contribution in [-0.4, -0.2) is 49.0 Å². The summed E-state index contributed by atoms with van der Waals surface area (Å²) in [5, 5.41) is 16.0. The Kier molecular flexibility index (Phi) is 4.81. The van der Waals surface area contributed by atoms with Crippen molar-refractivity contribution in [1.29, 1.82) is 0 Å². The van der Waals surface area contributed by atoms with Gasteiger partial charge in [0, 0.05) is 13.7 Å². The van der Waals surface area contributed by atoms with Gasteiger partial charge in [-0.25, -0.2) is 0 Å². The molecule has 1 aliphatic carbocycles. The Morgan fingerprint density at radius 1 is 1.58 bits per heavy atom. The average Bonchev–Trinajstić information content (AvgIpc) is 2.87. The van der Waals surface area contributed by atoms with E-state index in [9.17, 15) is 9.90 Å². The van der Waals surface area contributed by atoms with Crippen LogP contribution in [0.5, 0.6) is 0 Å². The van der Waals surface area contributed by atoms with E-state index in [-0.39, 0.29) is 24.7 Å². The topological polar surface area (TPSA) is 70.6 Å². The summed E-state index contributed by atoms with van der Waals surface area (Å²) in [4.78, 5) is 12.3.